The molecule has 1 aromatic carbocycles. The fraction of sp³-hybridized carbons (Fsp3) is 0.444. The van der Waals surface area contributed by atoms with Crippen molar-refractivity contribution in [3.63, 3.8) is 0 Å². The molecule has 2 aliphatic heterocycles. The molecule has 0 saturated carbocycles. The van der Waals surface area contributed by atoms with Crippen LogP contribution in [0.15, 0.2) is 24.3 Å². The second-order valence-electron chi connectivity index (χ2n) is 6.62. The van der Waals surface area contributed by atoms with Gasteiger partial charge in [-0.15, -0.1) is 0 Å². The van der Waals surface area contributed by atoms with Crippen LogP contribution in [-0.2, 0) is 9.47 Å². The Bertz CT molecular complexity index is 957. The fourth-order valence-corrected chi connectivity index (χ4v) is 4.15. The van der Waals surface area contributed by atoms with Crippen LogP contribution in [0.2, 0.25) is 0 Å². The van der Waals surface area contributed by atoms with Crippen LogP contribution >= 0.6 is 0 Å². The van der Waals surface area contributed by atoms with Gasteiger partial charge in [0, 0.05) is 18.6 Å². The number of benzene rings is 1. The number of nitro groups is 1. The third kappa shape index (κ3) is 1.96. The molecule has 1 N–H and O–H groups in total. The maximum atomic E-state index is 11.1. The van der Waals surface area contributed by atoms with E-state index >= 15 is 0 Å². The largest absolute Gasteiger partial charge is 0.447 e. The first kappa shape index (κ1) is 18.3. The van der Waals surface area contributed by atoms with E-state index in [1.54, 1.807) is 13.8 Å². The van der Waals surface area contributed by atoms with Gasteiger partial charge < -0.3 is 9.47 Å². The van der Waals surface area contributed by atoms with Crippen LogP contribution in [0.25, 0.3) is 0 Å². The van der Waals surface area contributed by atoms with E-state index in [0.29, 0.717) is 0 Å². The summed E-state index contributed by atoms with van der Waals surface area (Å²) in [5.74, 6) is -2.63. The van der Waals surface area contributed by atoms with E-state index < -0.39 is 39.5 Å². The molecule has 0 spiro atoms. The van der Waals surface area contributed by atoms with Gasteiger partial charge in [-0.2, -0.15) is 15.8 Å². The predicted molar refractivity (Wildman–Crippen MR) is 89.6 cm³/mol. The van der Waals surface area contributed by atoms with Gasteiger partial charge in [-0.05, 0) is 5.56 Å². The third-order valence-electron chi connectivity index (χ3n) is 5.68. The van der Waals surface area contributed by atoms with Crippen LogP contribution in [0.1, 0.15) is 31.9 Å². The highest BCUT2D eigenvalue weighted by atomic mass is 16.7. The number of nitro benzene ring substituents is 1. The number of non-ortho nitro benzene ring substituents is 1. The lowest BCUT2D eigenvalue weighted by Gasteiger charge is -2.48. The molecule has 4 atom stereocenters. The van der Waals surface area contributed by atoms with Gasteiger partial charge in [0.25, 0.3) is 5.69 Å². The zero-order valence-electron chi connectivity index (χ0n) is 14.6. The summed E-state index contributed by atoms with van der Waals surface area (Å²) in [6, 6.07) is 11.2. The molecule has 27 heavy (non-hydrogen) atoms. The van der Waals surface area contributed by atoms with E-state index in [4.69, 9.17) is 14.9 Å². The zero-order chi connectivity index (χ0) is 20.0. The molecule has 0 radical (unpaired) electrons. The van der Waals surface area contributed by atoms with Gasteiger partial charge in [0.1, 0.15) is 6.10 Å². The molecule has 2 aliphatic rings. The lowest BCUT2D eigenvalue weighted by molar-refractivity contribution is -0.385. The van der Waals surface area contributed by atoms with Gasteiger partial charge in [0.05, 0.1) is 29.0 Å². The van der Waals surface area contributed by atoms with E-state index in [2.05, 4.69) is 0 Å². The van der Waals surface area contributed by atoms with Crippen LogP contribution in [0.5, 0.6) is 0 Å². The summed E-state index contributed by atoms with van der Waals surface area (Å²) in [5, 5.41) is 49.3. The fourth-order valence-electron chi connectivity index (χ4n) is 4.15. The molecule has 2 bridgehead atoms. The van der Waals surface area contributed by atoms with E-state index in [1.807, 2.05) is 18.2 Å². The summed E-state index contributed by atoms with van der Waals surface area (Å²) in [6.07, 6.45) is -1.04. The normalized spacial score (nSPS) is 33.2. The SMILES string of the molecule is CC[C@]12OC(=N)[C@@](C#N)([C@@H]1C)C(C#N)(C#N)[C@@H](c1cccc([N+](=O)[O-])c1)O2. The van der Waals surface area contributed by atoms with Crippen molar-refractivity contribution in [2.24, 2.45) is 16.7 Å². The predicted octanol–water partition coefficient (Wildman–Crippen LogP) is 2.96. The van der Waals surface area contributed by atoms with Crippen molar-refractivity contribution >= 4 is 11.6 Å². The number of nitrogens with one attached hydrogen (secondary N) is 1. The molecule has 0 aliphatic carbocycles. The Labute approximate surface area is 155 Å². The highest BCUT2D eigenvalue weighted by Gasteiger charge is 2.78. The summed E-state index contributed by atoms with van der Waals surface area (Å²) in [7, 11) is 0. The minimum Gasteiger partial charge on any atom is -0.447 e. The Kier molecular flexibility index (Phi) is 3.91. The summed E-state index contributed by atoms with van der Waals surface area (Å²) >= 11 is 0. The molecular formula is C18H15N5O4. The van der Waals surface area contributed by atoms with E-state index in [9.17, 15) is 25.9 Å². The molecule has 2 heterocycles. The number of rotatable bonds is 3. The molecule has 2 saturated heterocycles. The second-order valence-corrected chi connectivity index (χ2v) is 6.62. The Morgan fingerprint density at radius 3 is 2.48 bits per heavy atom. The summed E-state index contributed by atoms with van der Waals surface area (Å²) < 4.78 is 11.7. The highest BCUT2D eigenvalue weighted by Crippen LogP contribution is 2.67. The Hall–Kier alpha value is -3.48. The van der Waals surface area contributed by atoms with Gasteiger partial charge >= 0.3 is 0 Å². The van der Waals surface area contributed by atoms with Gasteiger partial charge in [0.15, 0.2) is 5.41 Å². The van der Waals surface area contributed by atoms with Crippen LogP contribution in [0, 0.1) is 66.3 Å². The lowest BCUT2D eigenvalue weighted by atomic mass is 9.53. The number of ether oxygens (including phenoxy) is 2. The number of nitrogens with zero attached hydrogens (tertiary/aromatic N) is 4. The minimum atomic E-state index is -2.11. The lowest BCUT2D eigenvalue weighted by Crippen LogP contribution is -2.58. The molecule has 9 heteroatoms. The van der Waals surface area contributed by atoms with Crippen molar-refractivity contribution in [2.75, 3.05) is 0 Å². The summed E-state index contributed by atoms with van der Waals surface area (Å²) in [5.41, 5.74) is -4.00. The number of nitriles is 3. The minimum absolute atomic E-state index is 0.204. The number of hydrogen-bond donors (Lipinski definition) is 1. The van der Waals surface area contributed by atoms with Gasteiger partial charge in [-0.25, -0.2) is 0 Å². The Morgan fingerprint density at radius 2 is 1.96 bits per heavy atom. The molecule has 0 amide bonds. The van der Waals surface area contributed by atoms with Gasteiger partial charge in [-0.1, -0.05) is 26.0 Å². The quantitative estimate of drug-likeness (QED) is 0.637. The molecule has 2 fully saturated rings. The highest BCUT2D eigenvalue weighted by molar-refractivity contribution is 5.89. The first-order valence-corrected chi connectivity index (χ1v) is 8.22. The first-order chi connectivity index (χ1) is 12.8. The van der Waals surface area contributed by atoms with Gasteiger partial charge in [-0.3, -0.25) is 15.5 Å². The number of fused-ring (bicyclic) bond motifs is 2. The van der Waals surface area contributed by atoms with Crippen LogP contribution < -0.4 is 0 Å². The first-order valence-electron chi connectivity index (χ1n) is 8.22. The van der Waals surface area contributed by atoms with Crippen molar-refractivity contribution in [1.29, 1.82) is 21.2 Å². The third-order valence-corrected chi connectivity index (χ3v) is 5.68. The maximum Gasteiger partial charge on any atom is 0.269 e. The molecule has 3 rings (SSSR count). The molecule has 0 unspecified atom stereocenters. The molecule has 1 aromatic rings. The average molecular weight is 365 g/mol. The topological polar surface area (TPSA) is 157 Å². The van der Waals surface area contributed by atoms with Crippen LogP contribution in [0.4, 0.5) is 5.69 Å². The molecular weight excluding hydrogens is 350 g/mol. The molecule has 0 aromatic heterocycles. The maximum absolute atomic E-state index is 11.1. The van der Waals surface area contributed by atoms with Crippen molar-refractivity contribution in [3.05, 3.63) is 39.9 Å². The Balaban J connectivity index is 2.33. The zero-order valence-corrected chi connectivity index (χ0v) is 14.6. The van der Waals surface area contributed by atoms with Crippen LogP contribution in [0.3, 0.4) is 0 Å². The second kappa shape index (κ2) is 5.77. The smallest absolute Gasteiger partial charge is 0.269 e. The summed E-state index contributed by atoms with van der Waals surface area (Å²) in [6.45, 7) is 3.36. The average Bonchev–Trinajstić information content (AvgIpc) is 2.84. The van der Waals surface area contributed by atoms with Gasteiger partial charge in [0.2, 0.25) is 17.1 Å². The number of hydrogen-bond acceptors (Lipinski definition) is 8. The van der Waals surface area contributed by atoms with E-state index in [0.717, 1.165) is 0 Å². The molecule has 9 nitrogen and oxygen atoms in total. The van der Waals surface area contributed by atoms with E-state index in [-0.39, 0.29) is 17.7 Å². The monoisotopic (exact) mass is 365 g/mol. The van der Waals surface area contributed by atoms with E-state index in [1.165, 1.54) is 24.3 Å². The van der Waals surface area contributed by atoms with Crippen molar-refractivity contribution in [2.45, 2.75) is 32.2 Å². The Morgan fingerprint density at radius 1 is 1.30 bits per heavy atom. The van der Waals surface area contributed by atoms with Crippen molar-refractivity contribution in [1.82, 2.24) is 0 Å². The van der Waals surface area contributed by atoms with Crippen molar-refractivity contribution < 1.29 is 14.4 Å². The molecule has 136 valence electrons. The summed E-state index contributed by atoms with van der Waals surface area (Å²) in [4.78, 5) is 10.5. The van der Waals surface area contributed by atoms with Crippen LogP contribution in [-0.4, -0.2) is 16.6 Å². The van der Waals surface area contributed by atoms with Crippen molar-refractivity contribution in [3.8, 4) is 18.2 Å². The standard InChI is InChI=1S/C18H15N5O4/c1-3-18-11(2)17(10-21,15(22)27-18)16(8-19,9-20)14(26-18)12-5-4-6-13(7-12)23(24)25/h4-7,11,14,22H,3H2,1-2H3/t11-,14+,17+,18-/m0/s1.